The predicted octanol–water partition coefficient (Wildman–Crippen LogP) is 3.40. The first kappa shape index (κ1) is 31.1. The van der Waals surface area contributed by atoms with Gasteiger partial charge in [0.2, 0.25) is 11.8 Å². The van der Waals surface area contributed by atoms with E-state index >= 15 is 0 Å². The second-order valence-corrected chi connectivity index (χ2v) is 12.3. The highest BCUT2D eigenvalue weighted by molar-refractivity contribution is 7.10. The lowest BCUT2D eigenvalue weighted by Crippen LogP contribution is -2.49. The van der Waals surface area contributed by atoms with Crippen molar-refractivity contribution in [3.05, 3.63) is 82.0 Å². The van der Waals surface area contributed by atoms with Gasteiger partial charge in [0.05, 0.1) is 32.3 Å². The molecule has 0 bridgehead atoms. The molecule has 4 aromatic rings. The van der Waals surface area contributed by atoms with Gasteiger partial charge in [-0.3, -0.25) is 24.6 Å². The lowest BCUT2D eigenvalue weighted by molar-refractivity contribution is -0.152. The third-order valence-electron chi connectivity index (χ3n) is 8.09. The lowest BCUT2D eigenvalue weighted by Gasteiger charge is -2.25. The fourth-order valence-electron chi connectivity index (χ4n) is 5.76. The van der Waals surface area contributed by atoms with Crippen LogP contribution < -0.4 is 16.1 Å². The Bertz CT molecular complexity index is 1850. The molecule has 3 aromatic carbocycles. The Balaban J connectivity index is 1.11. The van der Waals surface area contributed by atoms with Gasteiger partial charge in [-0.1, -0.05) is 30.3 Å². The smallest absolute Gasteiger partial charge is 0.329 e. The minimum atomic E-state index is -1.08. The minimum Gasteiger partial charge on any atom is -0.347 e. The van der Waals surface area contributed by atoms with E-state index in [1.165, 1.54) is 23.2 Å². The Hall–Kier alpha value is -4.85. The molecule has 1 aromatic heterocycles. The van der Waals surface area contributed by atoms with Crippen molar-refractivity contribution in [3.63, 3.8) is 0 Å². The first-order valence-corrected chi connectivity index (χ1v) is 15.7. The first-order chi connectivity index (χ1) is 22.1. The van der Waals surface area contributed by atoms with Gasteiger partial charge in [-0.2, -0.15) is 0 Å². The average Bonchev–Trinajstić information content (AvgIpc) is 3.82. The zero-order valence-electron chi connectivity index (χ0n) is 25.3. The number of rotatable bonds is 7. The van der Waals surface area contributed by atoms with Gasteiger partial charge in [0.25, 0.3) is 5.91 Å². The fraction of sp³-hybridized carbons (Fsp3) is 0.303. The van der Waals surface area contributed by atoms with Crippen molar-refractivity contribution >= 4 is 62.4 Å². The molecule has 0 saturated carbocycles. The third-order valence-corrected chi connectivity index (χ3v) is 9.20. The Labute approximate surface area is 268 Å². The number of amidine groups is 1. The summed E-state index contributed by atoms with van der Waals surface area (Å²) in [4.78, 5) is 58.0. The summed E-state index contributed by atoms with van der Waals surface area (Å²) in [7, 11) is 0. The molecule has 2 aliphatic heterocycles. The van der Waals surface area contributed by atoms with Gasteiger partial charge >= 0.3 is 5.97 Å². The van der Waals surface area contributed by atoms with E-state index in [9.17, 15) is 19.2 Å². The van der Waals surface area contributed by atoms with Gasteiger partial charge in [0, 0.05) is 34.7 Å². The Morgan fingerprint density at radius 3 is 2.41 bits per heavy atom. The van der Waals surface area contributed by atoms with Crippen molar-refractivity contribution in [1.82, 2.24) is 21.0 Å². The SMILES string of the molecule is CC(=O)ONC(=N)c1csc(C(C)NC(=O)[C@@H]2CC3(CN2C(=O)CNC(=O)c2ccc4cc5ccccc5cc4c2)OCCO3)c1. The van der Waals surface area contributed by atoms with E-state index in [2.05, 4.69) is 27.0 Å². The van der Waals surface area contributed by atoms with Gasteiger partial charge < -0.3 is 29.8 Å². The number of likely N-dealkylation sites (tertiary alicyclic amines) is 1. The Morgan fingerprint density at radius 1 is 1.00 bits per heavy atom. The van der Waals surface area contributed by atoms with Crippen LogP contribution in [0.4, 0.5) is 0 Å². The molecule has 2 saturated heterocycles. The topological polar surface area (TPSA) is 159 Å². The number of nitrogens with zero attached hydrogens (tertiary/aromatic N) is 1. The standard InChI is InChI=1S/C33H33N5O7S/c1-19(28-14-26(17-46-28)30(34)37-45-20(2)39)36-32(42)27-15-33(43-9-10-44-33)18-38(27)29(40)16-35-31(41)24-8-7-23-11-21-5-3-4-6-22(21)12-25(23)13-24/h3-8,11-14,17,19,27H,9-10,15-16,18H2,1-2H3,(H2,34,37)(H,35,41)(H,36,42)/t19?,27-/m0/s1. The maximum absolute atomic E-state index is 13.6. The summed E-state index contributed by atoms with van der Waals surface area (Å²) < 4.78 is 11.7. The summed E-state index contributed by atoms with van der Waals surface area (Å²) >= 11 is 1.33. The number of hydrogen-bond donors (Lipinski definition) is 4. The maximum Gasteiger partial charge on any atom is 0.329 e. The number of ether oxygens (including phenoxy) is 2. The van der Waals surface area contributed by atoms with Crippen molar-refractivity contribution in [2.24, 2.45) is 0 Å². The van der Waals surface area contributed by atoms with Crippen LogP contribution in [0, 0.1) is 5.41 Å². The molecular weight excluding hydrogens is 610 g/mol. The highest BCUT2D eigenvalue weighted by Gasteiger charge is 2.52. The second kappa shape index (κ2) is 12.9. The van der Waals surface area contributed by atoms with E-state index in [1.807, 2.05) is 36.4 Å². The van der Waals surface area contributed by atoms with Gasteiger partial charge in [-0.15, -0.1) is 11.3 Å². The van der Waals surface area contributed by atoms with E-state index in [4.69, 9.17) is 14.9 Å². The molecule has 6 rings (SSSR count). The molecule has 1 spiro atoms. The number of nitrogens with one attached hydrogen (secondary N) is 4. The number of carbonyl (C=O) groups is 4. The Morgan fingerprint density at radius 2 is 1.70 bits per heavy atom. The summed E-state index contributed by atoms with van der Waals surface area (Å²) in [6.45, 7) is 3.47. The van der Waals surface area contributed by atoms with Gasteiger partial charge in [0.1, 0.15) is 6.04 Å². The molecular formula is C33H33N5O7S. The number of thiophene rings is 1. The van der Waals surface area contributed by atoms with Gasteiger partial charge in [-0.05, 0) is 58.8 Å². The number of hydroxylamine groups is 1. The zero-order chi connectivity index (χ0) is 32.4. The monoisotopic (exact) mass is 643 g/mol. The van der Waals surface area contributed by atoms with Crippen LogP contribution >= 0.6 is 11.3 Å². The van der Waals surface area contributed by atoms with Gasteiger partial charge in [-0.25, -0.2) is 5.48 Å². The van der Waals surface area contributed by atoms with Crippen LogP contribution in [0.3, 0.4) is 0 Å². The van der Waals surface area contributed by atoms with E-state index in [0.29, 0.717) is 24.3 Å². The molecule has 3 heterocycles. The van der Waals surface area contributed by atoms with Crippen LogP contribution in [0.2, 0.25) is 0 Å². The van der Waals surface area contributed by atoms with Crippen molar-refractivity contribution in [1.29, 1.82) is 5.41 Å². The molecule has 2 atom stereocenters. The molecule has 4 N–H and O–H groups in total. The number of hydrogen-bond acceptors (Lipinski definition) is 9. The predicted molar refractivity (Wildman–Crippen MR) is 171 cm³/mol. The summed E-state index contributed by atoms with van der Waals surface area (Å²) in [6, 6.07) is 17.9. The highest BCUT2D eigenvalue weighted by atomic mass is 32.1. The summed E-state index contributed by atoms with van der Waals surface area (Å²) in [6.07, 6.45) is 0.149. The summed E-state index contributed by atoms with van der Waals surface area (Å²) in [5.41, 5.74) is 3.19. The van der Waals surface area contributed by atoms with Crippen LogP contribution in [0.25, 0.3) is 21.5 Å². The average molecular weight is 644 g/mol. The van der Waals surface area contributed by atoms with Crippen LogP contribution in [-0.2, 0) is 28.7 Å². The molecule has 46 heavy (non-hydrogen) atoms. The van der Waals surface area contributed by atoms with Crippen molar-refractivity contribution < 1.29 is 33.5 Å². The maximum atomic E-state index is 13.6. The fourth-order valence-corrected chi connectivity index (χ4v) is 6.66. The summed E-state index contributed by atoms with van der Waals surface area (Å²) in [5, 5.41) is 19.5. The van der Waals surface area contributed by atoms with Crippen LogP contribution in [-0.4, -0.2) is 72.6 Å². The molecule has 0 radical (unpaired) electrons. The third kappa shape index (κ3) is 6.57. The lowest BCUT2D eigenvalue weighted by atomic mass is 10.0. The number of carbonyl (C=O) groups excluding carboxylic acids is 4. The molecule has 238 valence electrons. The minimum absolute atomic E-state index is 0.0549. The van der Waals surface area contributed by atoms with Crippen molar-refractivity contribution in [2.75, 3.05) is 26.3 Å². The normalized spacial score (nSPS) is 17.6. The largest absolute Gasteiger partial charge is 0.347 e. The molecule has 1 unspecified atom stereocenters. The molecule has 2 aliphatic rings. The van der Waals surface area contributed by atoms with Crippen LogP contribution in [0.1, 0.15) is 47.1 Å². The van der Waals surface area contributed by atoms with E-state index in [1.54, 1.807) is 30.5 Å². The first-order valence-electron chi connectivity index (χ1n) is 14.8. The van der Waals surface area contributed by atoms with Crippen LogP contribution in [0.5, 0.6) is 0 Å². The number of amides is 3. The Kier molecular flexibility index (Phi) is 8.71. The van der Waals surface area contributed by atoms with Crippen molar-refractivity contribution in [2.45, 2.75) is 38.1 Å². The van der Waals surface area contributed by atoms with Crippen LogP contribution in [0.15, 0.2) is 66.0 Å². The highest BCUT2D eigenvalue weighted by Crippen LogP contribution is 2.35. The molecule has 12 nitrogen and oxygen atoms in total. The second-order valence-electron chi connectivity index (χ2n) is 11.3. The zero-order valence-corrected chi connectivity index (χ0v) is 26.1. The van der Waals surface area contributed by atoms with E-state index < -0.39 is 41.6 Å². The summed E-state index contributed by atoms with van der Waals surface area (Å²) in [5.74, 6) is -2.99. The van der Waals surface area contributed by atoms with Gasteiger partial charge in [0.15, 0.2) is 11.6 Å². The number of fused-ring (bicyclic) bond motifs is 2. The molecule has 3 amide bonds. The number of benzene rings is 3. The van der Waals surface area contributed by atoms with E-state index in [-0.39, 0.29) is 25.3 Å². The molecule has 13 heteroatoms. The van der Waals surface area contributed by atoms with E-state index in [0.717, 1.165) is 26.4 Å². The quantitative estimate of drug-likeness (QED) is 0.103. The molecule has 0 aliphatic carbocycles. The molecule has 2 fully saturated rings. The van der Waals surface area contributed by atoms with Crippen molar-refractivity contribution in [3.8, 4) is 0 Å².